The summed E-state index contributed by atoms with van der Waals surface area (Å²) in [7, 11) is 1.63. The molecule has 1 N–H and O–H groups in total. The van der Waals surface area contributed by atoms with Crippen LogP contribution in [0.15, 0.2) is 48.5 Å². The van der Waals surface area contributed by atoms with Crippen LogP contribution in [0.4, 0.5) is 10.1 Å². The highest BCUT2D eigenvalue weighted by Crippen LogP contribution is 2.22. The molecular formula is C20H20FN3O2. The van der Waals surface area contributed by atoms with Crippen LogP contribution in [0.25, 0.3) is 0 Å². The second kappa shape index (κ2) is 7.39. The number of carbonyl (C=O) groups excluding carboxylic acids is 1. The Balaban J connectivity index is 1.82. The molecule has 2 aromatic carbocycles. The zero-order valence-electron chi connectivity index (χ0n) is 14.9. The monoisotopic (exact) mass is 353 g/mol. The summed E-state index contributed by atoms with van der Waals surface area (Å²) in [4.78, 5) is 12.4. The van der Waals surface area contributed by atoms with Crippen LogP contribution in [-0.4, -0.2) is 22.8 Å². The number of anilines is 1. The van der Waals surface area contributed by atoms with E-state index < -0.39 is 5.82 Å². The van der Waals surface area contributed by atoms with Crippen molar-refractivity contribution in [2.24, 2.45) is 0 Å². The summed E-state index contributed by atoms with van der Waals surface area (Å²) in [6, 6.07) is 13.3. The number of nitrogens with one attached hydrogen (secondary N) is 1. The highest BCUT2D eigenvalue weighted by molar-refractivity contribution is 6.04. The zero-order chi connectivity index (χ0) is 18.7. The largest absolute Gasteiger partial charge is 0.497 e. The van der Waals surface area contributed by atoms with Gasteiger partial charge in [-0.15, -0.1) is 0 Å². The normalized spacial score (nSPS) is 10.6. The number of carbonyl (C=O) groups is 1. The maximum Gasteiger partial charge on any atom is 0.255 e. The summed E-state index contributed by atoms with van der Waals surface area (Å²) in [6.45, 7) is 4.28. The summed E-state index contributed by atoms with van der Waals surface area (Å²) in [5.74, 6) is -0.0277. The van der Waals surface area contributed by atoms with Crippen LogP contribution in [-0.2, 0) is 6.54 Å². The van der Waals surface area contributed by atoms with E-state index in [1.165, 1.54) is 18.2 Å². The molecule has 26 heavy (non-hydrogen) atoms. The Kier molecular flexibility index (Phi) is 5.02. The minimum atomic E-state index is -0.445. The number of aromatic nitrogens is 2. The highest BCUT2D eigenvalue weighted by Gasteiger charge is 2.16. The Labute approximate surface area is 151 Å². The lowest BCUT2D eigenvalue weighted by Crippen LogP contribution is -2.13. The molecule has 0 aliphatic carbocycles. The summed E-state index contributed by atoms with van der Waals surface area (Å²) in [6.07, 6.45) is 0. The number of rotatable bonds is 5. The van der Waals surface area contributed by atoms with Gasteiger partial charge in [0.15, 0.2) is 0 Å². The summed E-state index contributed by atoms with van der Waals surface area (Å²) >= 11 is 0. The number of halogens is 1. The Hall–Kier alpha value is -3.15. The second-order valence-corrected chi connectivity index (χ2v) is 6.02. The van der Waals surface area contributed by atoms with Crippen molar-refractivity contribution in [2.75, 3.05) is 12.4 Å². The lowest BCUT2D eigenvalue weighted by atomic mass is 10.2. The molecule has 3 rings (SSSR count). The van der Waals surface area contributed by atoms with Gasteiger partial charge in [0.1, 0.15) is 11.6 Å². The van der Waals surface area contributed by atoms with Crippen molar-refractivity contribution in [3.8, 4) is 5.75 Å². The molecule has 0 aliphatic rings. The molecule has 6 heteroatoms. The molecule has 1 amide bonds. The van der Waals surface area contributed by atoms with E-state index in [9.17, 15) is 9.18 Å². The first-order chi connectivity index (χ1) is 12.5. The van der Waals surface area contributed by atoms with E-state index in [4.69, 9.17) is 4.74 Å². The Bertz CT molecular complexity index is 950. The van der Waals surface area contributed by atoms with Gasteiger partial charge in [0.25, 0.3) is 5.91 Å². The predicted octanol–water partition coefficient (Wildman–Crippen LogP) is 3.95. The maximum absolute atomic E-state index is 13.3. The molecule has 1 heterocycles. The van der Waals surface area contributed by atoms with E-state index in [0.717, 1.165) is 17.0 Å². The molecule has 5 nitrogen and oxygen atoms in total. The van der Waals surface area contributed by atoms with Crippen LogP contribution in [0.2, 0.25) is 0 Å². The molecule has 0 saturated carbocycles. The van der Waals surface area contributed by atoms with Crippen molar-refractivity contribution in [1.29, 1.82) is 0 Å². The van der Waals surface area contributed by atoms with Crippen molar-refractivity contribution >= 4 is 11.6 Å². The van der Waals surface area contributed by atoms with Gasteiger partial charge < -0.3 is 10.1 Å². The highest BCUT2D eigenvalue weighted by atomic mass is 19.1. The molecular weight excluding hydrogens is 333 g/mol. The van der Waals surface area contributed by atoms with Crippen molar-refractivity contribution in [1.82, 2.24) is 9.78 Å². The fourth-order valence-electron chi connectivity index (χ4n) is 2.79. The number of hydrogen-bond donors (Lipinski definition) is 1. The van der Waals surface area contributed by atoms with Gasteiger partial charge in [0.05, 0.1) is 30.7 Å². The van der Waals surface area contributed by atoms with E-state index in [1.807, 2.05) is 42.8 Å². The summed E-state index contributed by atoms with van der Waals surface area (Å²) in [5.41, 5.74) is 3.48. The van der Waals surface area contributed by atoms with Crippen LogP contribution in [0.3, 0.4) is 0 Å². The molecule has 1 aromatic heterocycles. The molecule has 0 bridgehead atoms. The lowest BCUT2D eigenvalue weighted by Gasteiger charge is -2.08. The van der Waals surface area contributed by atoms with Crippen LogP contribution in [0.5, 0.6) is 5.75 Å². The van der Waals surface area contributed by atoms with Gasteiger partial charge in [0, 0.05) is 5.56 Å². The molecule has 0 saturated heterocycles. The maximum atomic E-state index is 13.3. The topological polar surface area (TPSA) is 56.1 Å². The van der Waals surface area contributed by atoms with Crippen molar-refractivity contribution < 1.29 is 13.9 Å². The van der Waals surface area contributed by atoms with E-state index >= 15 is 0 Å². The number of aryl methyl sites for hydroxylation is 1. The van der Waals surface area contributed by atoms with Crippen LogP contribution in [0, 0.1) is 19.7 Å². The first-order valence-electron chi connectivity index (χ1n) is 8.22. The van der Waals surface area contributed by atoms with Gasteiger partial charge in [-0.1, -0.05) is 18.2 Å². The third-order valence-electron chi connectivity index (χ3n) is 4.17. The molecule has 0 atom stereocenters. The first kappa shape index (κ1) is 17.7. The quantitative estimate of drug-likeness (QED) is 0.756. The van der Waals surface area contributed by atoms with Gasteiger partial charge in [-0.2, -0.15) is 5.10 Å². The fraction of sp³-hybridized carbons (Fsp3) is 0.200. The molecule has 0 unspecified atom stereocenters. The van der Waals surface area contributed by atoms with Gasteiger partial charge in [0.2, 0.25) is 0 Å². The number of hydrogen-bond acceptors (Lipinski definition) is 3. The zero-order valence-corrected chi connectivity index (χ0v) is 14.9. The molecule has 134 valence electrons. The van der Waals surface area contributed by atoms with E-state index in [0.29, 0.717) is 17.9 Å². The average Bonchev–Trinajstić information content (AvgIpc) is 2.89. The standard InChI is InChI=1S/C20H20FN3O2/c1-13-19(22-20(25)16-7-5-8-17(21)11-16)14(2)24(23-13)12-15-6-4-9-18(10-15)26-3/h4-11H,12H2,1-3H3,(H,22,25). The smallest absolute Gasteiger partial charge is 0.255 e. The minimum Gasteiger partial charge on any atom is -0.497 e. The third kappa shape index (κ3) is 3.74. The van der Waals surface area contributed by atoms with Crippen LogP contribution < -0.4 is 10.1 Å². The van der Waals surface area contributed by atoms with E-state index in [-0.39, 0.29) is 11.5 Å². The molecule has 0 radical (unpaired) electrons. The first-order valence-corrected chi connectivity index (χ1v) is 8.22. The van der Waals surface area contributed by atoms with Gasteiger partial charge in [-0.3, -0.25) is 9.48 Å². The molecule has 0 fully saturated rings. The van der Waals surface area contributed by atoms with E-state index in [2.05, 4.69) is 10.4 Å². The SMILES string of the molecule is COc1cccc(Cn2nc(C)c(NC(=O)c3cccc(F)c3)c2C)c1. The van der Waals surface area contributed by atoms with Gasteiger partial charge in [-0.25, -0.2) is 4.39 Å². The van der Waals surface area contributed by atoms with Gasteiger partial charge >= 0.3 is 0 Å². The number of methoxy groups -OCH3 is 1. The molecule has 3 aromatic rings. The lowest BCUT2D eigenvalue weighted by molar-refractivity contribution is 0.102. The average molecular weight is 353 g/mol. The second-order valence-electron chi connectivity index (χ2n) is 6.02. The Morgan fingerprint density at radius 3 is 2.69 bits per heavy atom. The van der Waals surface area contributed by atoms with Crippen LogP contribution in [0.1, 0.15) is 27.3 Å². The summed E-state index contributed by atoms with van der Waals surface area (Å²) in [5, 5.41) is 7.35. The predicted molar refractivity (Wildman–Crippen MR) is 98.2 cm³/mol. The Morgan fingerprint density at radius 1 is 1.19 bits per heavy atom. The third-order valence-corrected chi connectivity index (χ3v) is 4.17. The Morgan fingerprint density at radius 2 is 1.96 bits per heavy atom. The number of ether oxygens (including phenoxy) is 1. The van der Waals surface area contributed by atoms with Gasteiger partial charge in [-0.05, 0) is 49.7 Å². The van der Waals surface area contributed by atoms with E-state index in [1.54, 1.807) is 13.2 Å². The molecule has 0 aliphatic heterocycles. The number of amides is 1. The number of benzene rings is 2. The summed E-state index contributed by atoms with van der Waals surface area (Å²) < 4.78 is 20.4. The number of nitrogens with zero attached hydrogens (tertiary/aromatic N) is 2. The fourth-order valence-corrected chi connectivity index (χ4v) is 2.79. The van der Waals surface area contributed by atoms with Crippen LogP contribution >= 0.6 is 0 Å². The molecule has 0 spiro atoms. The van der Waals surface area contributed by atoms with Crippen molar-refractivity contribution in [2.45, 2.75) is 20.4 Å². The van der Waals surface area contributed by atoms with Crippen molar-refractivity contribution in [3.05, 3.63) is 76.9 Å². The van der Waals surface area contributed by atoms with Crippen molar-refractivity contribution in [3.63, 3.8) is 0 Å². The minimum absolute atomic E-state index is 0.268.